The van der Waals surface area contributed by atoms with Gasteiger partial charge in [-0.1, -0.05) is 11.6 Å². The summed E-state index contributed by atoms with van der Waals surface area (Å²) in [5, 5.41) is 21.7. The van der Waals surface area contributed by atoms with E-state index in [0.29, 0.717) is 41.0 Å². The maximum absolute atomic E-state index is 12.1. The number of alkyl halides is 3. The number of carbonyl (C=O) groups is 1. The Balaban J connectivity index is 0.000000171. The number of aromatic nitrogens is 2. The van der Waals surface area contributed by atoms with Crippen LogP contribution in [0.25, 0.3) is 0 Å². The molecule has 3 fully saturated rings. The van der Waals surface area contributed by atoms with Crippen molar-refractivity contribution in [3.8, 4) is 5.75 Å². The highest BCUT2D eigenvalue weighted by Gasteiger charge is 2.59. The Morgan fingerprint density at radius 1 is 1.24 bits per heavy atom. The van der Waals surface area contributed by atoms with Crippen LogP contribution in [-0.4, -0.2) is 59.4 Å². The summed E-state index contributed by atoms with van der Waals surface area (Å²) in [7, 11) is 1.92. The van der Waals surface area contributed by atoms with Crippen LogP contribution in [0.4, 0.5) is 13.2 Å². The van der Waals surface area contributed by atoms with Crippen molar-refractivity contribution in [2.24, 2.45) is 0 Å². The number of hydrogen-bond donors (Lipinski definition) is 2. The van der Waals surface area contributed by atoms with E-state index < -0.39 is 30.3 Å². The average molecular weight is 546 g/mol. The van der Waals surface area contributed by atoms with Crippen LogP contribution >= 0.6 is 11.6 Å². The van der Waals surface area contributed by atoms with Crippen LogP contribution in [0, 0.1) is 0 Å². The molecular weight excluding hydrogens is 519 g/mol. The number of rotatable bonds is 5. The van der Waals surface area contributed by atoms with Crippen LogP contribution in [0.2, 0.25) is 5.02 Å². The zero-order valence-electron chi connectivity index (χ0n) is 20.0. The quantitative estimate of drug-likeness (QED) is 0.539. The maximum atomic E-state index is 12.1. The van der Waals surface area contributed by atoms with Gasteiger partial charge in [0.15, 0.2) is 12.4 Å². The molecule has 1 aromatic heterocycles. The Morgan fingerprint density at radius 3 is 2.65 bits per heavy atom. The molecule has 2 aromatic rings. The summed E-state index contributed by atoms with van der Waals surface area (Å²) in [6.07, 6.45) is -2.60. The summed E-state index contributed by atoms with van der Waals surface area (Å²) in [5.74, 6) is 1.19. The number of aliphatic hydroxyl groups excluding tert-OH is 1. The van der Waals surface area contributed by atoms with Crippen molar-refractivity contribution in [1.82, 2.24) is 15.5 Å². The number of nitrogens with zero attached hydrogens (tertiary/aromatic N) is 2. The highest BCUT2D eigenvalue weighted by Crippen LogP contribution is 2.53. The molecule has 2 aliphatic heterocycles. The lowest BCUT2D eigenvalue weighted by Crippen LogP contribution is -2.41. The molecule has 1 saturated heterocycles. The lowest BCUT2D eigenvalue weighted by molar-refractivity contribution is -0.352. The van der Waals surface area contributed by atoms with Crippen molar-refractivity contribution in [3.05, 3.63) is 40.6 Å². The second-order valence-electron chi connectivity index (χ2n) is 10.0. The van der Waals surface area contributed by atoms with Gasteiger partial charge in [0.2, 0.25) is 11.8 Å². The lowest BCUT2D eigenvalue weighted by Gasteiger charge is -2.33. The summed E-state index contributed by atoms with van der Waals surface area (Å²) in [5.41, 5.74) is 0.0759. The molecule has 9 nitrogen and oxygen atoms in total. The topological polar surface area (TPSA) is 116 Å². The van der Waals surface area contributed by atoms with Gasteiger partial charge in [-0.2, -0.15) is 0 Å². The van der Waals surface area contributed by atoms with Gasteiger partial charge in [-0.05, 0) is 50.9 Å². The van der Waals surface area contributed by atoms with Crippen LogP contribution in [-0.2, 0) is 19.9 Å². The smallest absolute Gasteiger partial charge is 0.482 e. The predicted octanol–water partition coefficient (Wildman–Crippen LogP) is 3.94. The first kappa shape index (κ1) is 26.4. The first-order valence-electron chi connectivity index (χ1n) is 12.0. The second-order valence-corrected chi connectivity index (χ2v) is 10.5. The Kier molecular flexibility index (Phi) is 6.99. The van der Waals surface area contributed by atoms with Crippen molar-refractivity contribution in [3.63, 3.8) is 0 Å². The molecule has 0 radical (unpaired) electrons. The number of nitrogens with one attached hydrogen (secondary N) is 1. The molecule has 13 heteroatoms. The number of halogens is 4. The molecule has 202 valence electrons. The molecule has 1 aromatic carbocycles. The Bertz CT molecular complexity index is 1130. The number of carbonyl (C=O) groups excluding carboxylic acids is 1. The van der Waals surface area contributed by atoms with Crippen LogP contribution in [0.3, 0.4) is 0 Å². The van der Waals surface area contributed by atoms with Gasteiger partial charge in [0.05, 0.1) is 18.8 Å². The third-order valence-corrected chi connectivity index (χ3v) is 7.81. The van der Waals surface area contributed by atoms with Crippen LogP contribution < -0.4 is 10.1 Å². The van der Waals surface area contributed by atoms with Crippen molar-refractivity contribution in [2.75, 3.05) is 13.7 Å². The van der Waals surface area contributed by atoms with Crippen LogP contribution in [0.15, 0.2) is 22.6 Å². The van der Waals surface area contributed by atoms with Gasteiger partial charge >= 0.3 is 6.36 Å². The minimum absolute atomic E-state index is 0.0310. The molecule has 2 saturated carbocycles. The van der Waals surface area contributed by atoms with E-state index in [2.05, 4.69) is 20.3 Å². The number of aldehydes is 1. The zero-order valence-corrected chi connectivity index (χ0v) is 20.7. The molecule has 37 heavy (non-hydrogen) atoms. The first-order valence-corrected chi connectivity index (χ1v) is 12.4. The third kappa shape index (κ3) is 5.35. The number of likely N-dealkylation sites (N-methyl/N-ethyl adjacent to an activating group) is 1. The van der Waals surface area contributed by atoms with Gasteiger partial charge in [-0.3, -0.25) is 9.53 Å². The summed E-state index contributed by atoms with van der Waals surface area (Å²) in [6, 6.07) is 4.99. The molecule has 4 unspecified atom stereocenters. The number of fused-ring (bicyclic) bond motifs is 3. The minimum Gasteiger partial charge on any atom is -0.482 e. The standard InChI is InChI=1S/C14H18F3N3O3.C10H9ClO3/c1-18-12-2-3-13(6-12,21-7-12)11-20-19-10(22-11)8-4-9(5-8)23-14(15,16)17;11-6-1-2-10-8(3-6)9(13)4-7(5-12)14-10/h8-9,18H,2-7H2,1H3;1-3,5,7,9,13H,4H2. The molecule has 4 aliphatic rings. The molecule has 3 heterocycles. The van der Waals surface area contributed by atoms with E-state index in [1.54, 1.807) is 18.2 Å². The SMILES string of the molecule is CNC12CCC(c3nnc(C4CC(OC(F)(F)F)C4)o3)(C1)OC2.O=CC1CC(O)c2cc(Cl)ccc2O1. The first-order chi connectivity index (χ1) is 17.5. The van der Waals surface area contributed by atoms with Gasteiger partial charge in [0.25, 0.3) is 0 Å². The zero-order chi connectivity index (χ0) is 26.4. The molecular formula is C24H27ClF3N3O6. The van der Waals surface area contributed by atoms with E-state index in [1.165, 1.54) is 0 Å². The summed E-state index contributed by atoms with van der Waals surface area (Å²) in [4.78, 5) is 10.5. The highest BCUT2D eigenvalue weighted by molar-refractivity contribution is 6.30. The van der Waals surface area contributed by atoms with E-state index in [9.17, 15) is 23.1 Å². The fraction of sp³-hybridized carbons (Fsp3) is 0.625. The lowest BCUT2D eigenvalue weighted by atomic mass is 9.82. The average Bonchev–Trinajstić information content (AvgIpc) is 3.56. The van der Waals surface area contributed by atoms with Gasteiger partial charge in [-0.25, -0.2) is 0 Å². The van der Waals surface area contributed by atoms with E-state index in [-0.39, 0.29) is 30.7 Å². The van der Waals surface area contributed by atoms with E-state index in [4.69, 9.17) is 25.5 Å². The number of aliphatic hydroxyl groups is 1. The molecule has 2 aliphatic carbocycles. The number of benzene rings is 1. The summed E-state index contributed by atoms with van der Waals surface area (Å²) >= 11 is 5.78. The number of ether oxygens (including phenoxy) is 3. The molecule has 0 spiro atoms. The summed E-state index contributed by atoms with van der Waals surface area (Å²) < 4.78 is 57.4. The number of hydrogen-bond acceptors (Lipinski definition) is 9. The van der Waals surface area contributed by atoms with E-state index in [1.807, 2.05) is 7.05 Å². The van der Waals surface area contributed by atoms with Crippen molar-refractivity contribution >= 4 is 17.9 Å². The highest BCUT2D eigenvalue weighted by atomic mass is 35.5. The van der Waals surface area contributed by atoms with Crippen LogP contribution in [0.1, 0.15) is 67.9 Å². The maximum Gasteiger partial charge on any atom is 0.522 e. The van der Waals surface area contributed by atoms with E-state index >= 15 is 0 Å². The fourth-order valence-corrected chi connectivity index (χ4v) is 5.56. The van der Waals surface area contributed by atoms with Crippen molar-refractivity contribution in [2.45, 2.75) is 80.3 Å². The van der Waals surface area contributed by atoms with E-state index in [0.717, 1.165) is 19.3 Å². The molecule has 0 amide bonds. The molecule has 2 N–H and O–H groups in total. The fourth-order valence-electron chi connectivity index (χ4n) is 5.38. The Labute approximate surface area is 215 Å². The molecule has 4 atom stereocenters. The predicted molar refractivity (Wildman–Crippen MR) is 122 cm³/mol. The van der Waals surface area contributed by atoms with Crippen molar-refractivity contribution in [1.29, 1.82) is 0 Å². The van der Waals surface area contributed by atoms with Gasteiger partial charge in [0, 0.05) is 34.9 Å². The second kappa shape index (κ2) is 9.81. The Morgan fingerprint density at radius 2 is 2.03 bits per heavy atom. The summed E-state index contributed by atoms with van der Waals surface area (Å²) in [6.45, 7) is 0.603. The normalized spacial score (nSPS) is 34.1. The molecule has 2 bridgehead atoms. The monoisotopic (exact) mass is 545 g/mol. The Hall–Kier alpha value is -2.25. The van der Waals surface area contributed by atoms with Gasteiger partial charge < -0.3 is 24.3 Å². The molecule has 6 rings (SSSR count). The van der Waals surface area contributed by atoms with Gasteiger partial charge in [0.1, 0.15) is 11.4 Å². The van der Waals surface area contributed by atoms with Crippen LogP contribution in [0.5, 0.6) is 5.75 Å². The largest absolute Gasteiger partial charge is 0.522 e. The minimum atomic E-state index is -4.59. The van der Waals surface area contributed by atoms with Gasteiger partial charge in [-0.15, -0.1) is 23.4 Å². The van der Waals surface area contributed by atoms with Crippen molar-refractivity contribution < 1.29 is 41.7 Å². The third-order valence-electron chi connectivity index (χ3n) is 7.58.